The summed E-state index contributed by atoms with van der Waals surface area (Å²) in [5.41, 5.74) is 1.17. The normalized spacial score (nSPS) is 18.4. The summed E-state index contributed by atoms with van der Waals surface area (Å²) in [6, 6.07) is 8.15. The number of nitrogens with one attached hydrogen (secondary N) is 1. The van der Waals surface area contributed by atoms with Crippen LogP contribution in [0.3, 0.4) is 0 Å². The summed E-state index contributed by atoms with van der Waals surface area (Å²) in [5, 5.41) is 0. The SMILES string of the molecule is Cc1ccc(C2(NS(=O)C(C)(C)C)CN(C(=O)OC(C)(C)C)C2)cc1. The summed E-state index contributed by atoms with van der Waals surface area (Å²) in [7, 11) is -1.24. The second-order valence-electron chi connectivity index (χ2n) is 8.77. The fraction of sp³-hybridized carbons (Fsp3) is 0.632. The van der Waals surface area contributed by atoms with E-state index in [-0.39, 0.29) is 10.8 Å². The highest BCUT2D eigenvalue weighted by atomic mass is 32.2. The van der Waals surface area contributed by atoms with Gasteiger partial charge in [-0.05, 0) is 54.0 Å². The molecule has 1 N–H and O–H groups in total. The van der Waals surface area contributed by atoms with Gasteiger partial charge in [-0.1, -0.05) is 29.8 Å². The van der Waals surface area contributed by atoms with Crippen LogP contribution in [0, 0.1) is 6.92 Å². The predicted octanol–water partition coefficient (Wildman–Crippen LogP) is 3.49. The van der Waals surface area contributed by atoms with Crippen molar-refractivity contribution in [2.24, 2.45) is 0 Å². The molecule has 1 aromatic rings. The van der Waals surface area contributed by atoms with Crippen molar-refractivity contribution in [2.45, 2.75) is 64.4 Å². The van der Waals surface area contributed by atoms with E-state index in [1.807, 2.05) is 72.7 Å². The van der Waals surface area contributed by atoms with E-state index in [0.29, 0.717) is 13.1 Å². The number of rotatable bonds is 3. The van der Waals surface area contributed by atoms with E-state index < -0.39 is 22.1 Å². The molecule has 140 valence electrons. The molecule has 0 bridgehead atoms. The predicted molar refractivity (Wildman–Crippen MR) is 102 cm³/mol. The lowest BCUT2D eigenvalue weighted by atomic mass is 9.83. The summed E-state index contributed by atoms with van der Waals surface area (Å²) < 4.78 is 21.0. The number of nitrogens with zero attached hydrogens (tertiary/aromatic N) is 1. The van der Waals surface area contributed by atoms with Crippen molar-refractivity contribution < 1.29 is 13.7 Å². The number of carbonyl (C=O) groups is 1. The summed E-state index contributed by atoms with van der Waals surface area (Å²) in [6.45, 7) is 14.3. The standard InChI is InChI=1S/C19H30N2O3S/c1-14-8-10-15(11-9-14)19(20-25(23)18(5,6)7)12-21(13-19)16(22)24-17(2,3)4/h8-11,20H,12-13H2,1-7H3. The van der Waals surface area contributed by atoms with Crippen LogP contribution < -0.4 is 4.72 Å². The largest absolute Gasteiger partial charge is 0.444 e. The van der Waals surface area contributed by atoms with Gasteiger partial charge in [-0.3, -0.25) is 0 Å². The average Bonchev–Trinajstić information content (AvgIpc) is 2.40. The number of ether oxygens (including phenoxy) is 1. The van der Waals surface area contributed by atoms with Gasteiger partial charge in [0.25, 0.3) is 0 Å². The van der Waals surface area contributed by atoms with E-state index >= 15 is 0 Å². The molecule has 1 aromatic carbocycles. The molecule has 1 unspecified atom stereocenters. The second kappa shape index (κ2) is 6.72. The van der Waals surface area contributed by atoms with Crippen LogP contribution >= 0.6 is 0 Å². The van der Waals surface area contributed by atoms with Gasteiger partial charge in [0, 0.05) is 13.1 Å². The Kier molecular flexibility index (Phi) is 5.36. The molecule has 1 saturated heterocycles. The van der Waals surface area contributed by atoms with E-state index in [1.165, 1.54) is 5.56 Å². The number of likely N-dealkylation sites (tertiary alicyclic amines) is 1. The molecular formula is C19H30N2O3S. The third kappa shape index (κ3) is 4.82. The molecule has 1 aliphatic rings. The zero-order valence-electron chi connectivity index (χ0n) is 16.3. The molecule has 0 radical (unpaired) electrons. The number of carbonyl (C=O) groups excluding carboxylic acids is 1. The van der Waals surface area contributed by atoms with E-state index in [9.17, 15) is 9.00 Å². The molecule has 0 spiro atoms. The first kappa shape index (κ1) is 19.9. The van der Waals surface area contributed by atoms with Crippen LogP contribution in [-0.4, -0.2) is 38.6 Å². The van der Waals surface area contributed by atoms with Gasteiger partial charge in [0.05, 0.1) is 21.3 Å². The van der Waals surface area contributed by atoms with E-state index in [0.717, 1.165) is 5.56 Å². The van der Waals surface area contributed by atoms with Gasteiger partial charge in [-0.15, -0.1) is 0 Å². The fourth-order valence-corrected chi connectivity index (χ4v) is 3.48. The van der Waals surface area contributed by atoms with Crippen LogP contribution in [0.2, 0.25) is 0 Å². The Labute approximate surface area is 153 Å². The molecule has 5 nitrogen and oxygen atoms in total. The quantitative estimate of drug-likeness (QED) is 0.891. The molecule has 0 aliphatic carbocycles. The van der Waals surface area contributed by atoms with Crippen molar-refractivity contribution >= 4 is 17.1 Å². The molecule has 0 aromatic heterocycles. The van der Waals surface area contributed by atoms with Crippen LogP contribution in [0.1, 0.15) is 52.7 Å². The van der Waals surface area contributed by atoms with Gasteiger partial charge in [0.2, 0.25) is 0 Å². The summed E-state index contributed by atoms with van der Waals surface area (Å²) in [5.74, 6) is 0. The highest BCUT2D eigenvalue weighted by Gasteiger charge is 2.49. The number of hydrogen-bond acceptors (Lipinski definition) is 3. The molecular weight excluding hydrogens is 336 g/mol. The Balaban J connectivity index is 2.21. The van der Waals surface area contributed by atoms with Crippen molar-refractivity contribution in [1.82, 2.24) is 9.62 Å². The van der Waals surface area contributed by atoms with Crippen LogP contribution in [-0.2, 0) is 21.3 Å². The molecule has 0 saturated carbocycles. The van der Waals surface area contributed by atoms with E-state index in [2.05, 4.69) is 4.72 Å². The summed E-state index contributed by atoms with van der Waals surface area (Å²) >= 11 is 0. The Hall–Kier alpha value is -1.40. The van der Waals surface area contributed by atoms with Gasteiger partial charge in [0.15, 0.2) is 0 Å². The van der Waals surface area contributed by atoms with Gasteiger partial charge in [-0.25, -0.2) is 13.7 Å². The Morgan fingerprint density at radius 3 is 2.08 bits per heavy atom. The molecule has 1 atom stereocenters. The minimum atomic E-state index is -1.24. The molecule has 1 aliphatic heterocycles. The van der Waals surface area contributed by atoms with Gasteiger partial charge >= 0.3 is 6.09 Å². The molecule has 25 heavy (non-hydrogen) atoms. The third-order valence-electron chi connectivity index (χ3n) is 4.02. The minimum Gasteiger partial charge on any atom is -0.444 e. The van der Waals surface area contributed by atoms with Crippen molar-refractivity contribution in [3.8, 4) is 0 Å². The molecule has 2 rings (SSSR count). The summed E-state index contributed by atoms with van der Waals surface area (Å²) in [6.07, 6.45) is -0.335. The number of amides is 1. The molecule has 1 heterocycles. The first-order valence-electron chi connectivity index (χ1n) is 8.57. The maximum absolute atomic E-state index is 12.7. The zero-order valence-corrected chi connectivity index (χ0v) is 17.1. The number of aryl methyl sites for hydroxylation is 1. The highest BCUT2D eigenvalue weighted by Crippen LogP contribution is 2.34. The minimum absolute atomic E-state index is 0.335. The molecule has 1 fully saturated rings. The van der Waals surface area contributed by atoms with Gasteiger partial charge in [0.1, 0.15) is 5.60 Å². The first-order chi connectivity index (χ1) is 11.3. The van der Waals surface area contributed by atoms with E-state index in [1.54, 1.807) is 4.90 Å². The monoisotopic (exact) mass is 366 g/mol. The van der Waals surface area contributed by atoms with E-state index in [4.69, 9.17) is 4.74 Å². The highest BCUT2D eigenvalue weighted by molar-refractivity contribution is 7.84. The van der Waals surface area contributed by atoms with Crippen molar-refractivity contribution in [2.75, 3.05) is 13.1 Å². The number of benzene rings is 1. The summed E-state index contributed by atoms with van der Waals surface area (Å²) in [4.78, 5) is 13.9. The van der Waals surface area contributed by atoms with Crippen LogP contribution in [0.4, 0.5) is 4.79 Å². The fourth-order valence-electron chi connectivity index (χ4n) is 2.57. The average molecular weight is 367 g/mol. The first-order valence-corrected chi connectivity index (χ1v) is 9.72. The third-order valence-corrected chi connectivity index (χ3v) is 5.71. The lowest BCUT2D eigenvalue weighted by Crippen LogP contribution is -2.69. The van der Waals surface area contributed by atoms with Crippen LogP contribution in [0.25, 0.3) is 0 Å². The molecule has 6 heteroatoms. The lowest BCUT2D eigenvalue weighted by molar-refractivity contribution is -0.0123. The maximum atomic E-state index is 12.7. The number of hydrogen-bond donors (Lipinski definition) is 1. The zero-order chi connectivity index (χ0) is 19.0. The smallest absolute Gasteiger partial charge is 0.410 e. The van der Waals surface area contributed by atoms with Crippen molar-refractivity contribution in [3.05, 3.63) is 35.4 Å². The maximum Gasteiger partial charge on any atom is 0.410 e. The second-order valence-corrected chi connectivity index (χ2v) is 10.7. The molecule has 1 amide bonds. The topological polar surface area (TPSA) is 58.6 Å². The Morgan fingerprint density at radius 1 is 1.12 bits per heavy atom. The van der Waals surface area contributed by atoms with Gasteiger partial charge in [-0.2, -0.15) is 0 Å². The van der Waals surface area contributed by atoms with Crippen LogP contribution in [0.5, 0.6) is 0 Å². The Morgan fingerprint density at radius 2 is 1.64 bits per heavy atom. The van der Waals surface area contributed by atoms with Crippen molar-refractivity contribution in [3.63, 3.8) is 0 Å². The lowest BCUT2D eigenvalue weighted by Gasteiger charge is -2.51. The van der Waals surface area contributed by atoms with Crippen molar-refractivity contribution in [1.29, 1.82) is 0 Å². The van der Waals surface area contributed by atoms with Crippen LogP contribution in [0.15, 0.2) is 24.3 Å². The van der Waals surface area contributed by atoms with Gasteiger partial charge < -0.3 is 9.64 Å². The Bertz CT molecular complexity index is 651.